The molecular formula is C12H18N2O3. The molecule has 5 heteroatoms. The van der Waals surface area contributed by atoms with Crippen molar-refractivity contribution in [3.63, 3.8) is 0 Å². The molecule has 0 unspecified atom stereocenters. The van der Waals surface area contributed by atoms with E-state index in [0.717, 1.165) is 13.0 Å². The maximum atomic E-state index is 11.0. The maximum Gasteiger partial charge on any atom is 0.339 e. The summed E-state index contributed by atoms with van der Waals surface area (Å²) in [7, 11) is 3.94. The van der Waals surface area contributed by atoms with E-state index in [0.29, 0.717) is 12.3 Å². The Morgan fingerprint density at radius 2 is 2.18 bits per heavy atom. The number of carboxylic acid groups (broad SMARTS) is 1. The highest BCUT2D eigenvalue weighted by Crippen LogP contribution is 2.26. The SMILES string of the molecule is CN(C)CCCOc1c(N)cccc1C(=O)O. The van der Waals surface area contributed by atoms with Crippen LogP contribution in [0.5, 0.6) is 5.75 Å². The fourth-order valence-corrected chi connectivity index (χ4v) is 1.44. The first kappa shape index (κ1) is 13.3. The Balaban J connectivity index is 2.66. The molecule has 0 aromatic heterocycles. The minimum Gasteiger partial charge on any atom is -0.490 e. The van der Waals surface area contributed by atoms with Gasteiger partial charge in [0, 0.05) is 6.54 Å². The number of carboxylic acids is 1. The van der Waals surface area contributed by atoms with Crippen LogP contribution in [0.1, 0.15) is 16.8 Å². The molecule has 0 heterocycles. The van der Waals surface area contributed by atoms with E-state index in [4.69, 9.17) is 15.6 Å². The summed E-state index contributed by atoms with van der Waals surface area (Å²) in [4.78, 5) is 13.0. The van der Waals surface area contributed by atoms with E-state index in [1.165, 1.54) is 6.07 Å². The Labute approximate surface area is 101 Å². The van der Waals surface area contributed by atoms with Crippen molar-refractivity contribution >= 4 is 11.7 Å². The zero-order valence-corrected chi connectivity index (χ0v) is 10.1. The summed E-state index contributed by atoms with van der Waals surface area (Å²) in [5.41, 5.74) is 6.17. The Morgan fingerprint density at radius 1 is 1.47 bits per heavy atom. The molecule has 0 radical (unpaired) electrons. The predicted octanol–water partition coefficient (Wildman–Crippen LogP) is 1.30. The van der Waals surface area contributed by atoms with Crippen molar-refractivity contribution in [2.75, 3.05) is 33.0 Å². The molecule has 0 aliphatic heterocycles. The van der Waals surface area contributed by atoms with Crippen LogP contribution in [0.25, 0.3) is 0 Å². The number of ether oxygens (including phenoxy) is 1. The number of carbonyl (C=O) groups is 1. The van der Waals surface area contributed by atoms with Crippen molar-refractivity contribution in [3.05, 3.63) is 23.8 Å². The van der Waals surface area contributed by atoms with Crippen LogP contribution in [-0.4, -0.2) is 43.2 Å². The lowest BCUT2D eigenvalue weighted by Gasteiger charge is -2.13. The van der Waals surface area contributed by atoms with Gasteiger partial charge in [0.25, 0.3) is 0 Å². The lowest BCUT2D eigenvalue weighted by Crippen LogP contribution is -2.16. The number of benzene rings is 1. The monoisotopic (exact) mass is 238 g/mol. The topological polar surface area (TPSA) is 75.8 Å². The van der Waals surface area contributed by atoms with Gasteiger partial charge in [-0.2, -0.15) is 0 Å². The van der Waals surface area contributed by atoms with Crippen molar-refractivity contribution in [3.8, 4) is 5.75 Å². The molecule has 0 aliphatic carbocycles. The largest absolute Gasteiger partial charge is 0.490 e. The van der Waals surface area contributed by atoms with Gasteiger partial charge in [0.15, 0.2) is 5.75 Å². The van der Waals surface area contributed by atoms with Crippen LogP contribution in [0.2, 0.25) is 0 Å². The summed E-state index contributed by atoms with van der Waals surface area (Å²) < 4.78 is 5.45. The average molecular weight is 238 g/mol. The second-order valence-electron chi connectivity index (χ2n) is 4.03. The Morgan fingerprint density at radius 3 is 2.76 bits per heavy atom. The molecule has 0 atom stereocenters. The first-order valence-corrected chi connectivity index (χ1v) is 5.41. The average Bonchev–Trinajstić information content (AvgIpc) is 2.25. The lowest BCUT2D eigenvalue weighted by atomic mass is 10.2. The smallest absolute Gasteiger partial charge is 0.339 e. The van der Waals surface area contributed by atoms with Gasteiger partial charge in [0.2, 0.25) is 0 Å². The minimum absolute atomic E-state index is 0.106. The van der Waals surface area contributed by atoms with Gasteiger partial charge in [0.1, 0.15) is 5.56 Å². The van der Waals surface area contributed by atoms with Crippen LogP contribution < -0.4 is 10.5 Å². The molecular weight excluding hydrogens is 220 g/mol. The highest BCUT2D eigenvalue weighted by molar-refractivity contribution is 5.93. The van der Waals surface area contributed by atoms with E-state index in [1.807, 2.05) is 19.0 Å². The van der Waals surface area contributed by atoms with E-state index >= 15 is 0 Å². The van der Waals surface area contributed by atoms with E-state index in [9.17, 15) is 4.79 Å². The summed E-state index contributed by atoms with van der Waals surface area (Å²) in [6.07, 6.45) is 0.820. The number of para-hydroxylation sites is 1. The summed E-state index contributed by atoms with van der Waals surface area (Å²) >= 11 is 0. The summed E-state index contributed by atoms with van der Waals surface area (Å²) in [5, 5.41) is 8.99. The number of aromatic carboxylic acids is 1. The van der Waals surface area contributed by atoms with Crippen LogP contribution in [0, 0.1) is 0 Å². The van der Waals surface area contributed by atoms with E-state index < -0.39 is 5.97 Å². The molecule has 3 N–H and O–H groups in total. The molecule has 94 valence electrons. The molecule has 0 fully saturated rings. The summed E-state index contributed by atoms with van der Waals surface area (Å²) in [5.74, 6) is -0.765. The number of nitrogens with zero attached hydrogens (tertiary/aromatic N) is 1. The highest BCUT2D eigenvalue weighted by atomic mass is 16.5. The zero-order valence-electron chi connectivity index (χ0n) is 10.1. The molecule has 0 saturated heterocycles. The minimum atomic E-state index is -1.03. The quantitative estimate of drug-likeness (QED) is 0.577. The number of anilines is 1. The van der Waals surface area contributed by atoms with Gasteiger partial charge in [0.05, 0.1) is 12.3 Å². The highest BCUT2D eigenvalue weighted by Gasteiger charge is 2.13. The fourth-order valence-electron chi connectivity index (χ4n) is 1.44. The van der Waals surface area contributed by atoms with Crippen molar-refractivity contribution in [2.24, 2.45) is 0 Å². The standard InChI is InChI=1S/C12H18N2O3/c1-14(2)7-4-8-17-11-9(12(15)16)5-3-6-10(11)13/h3,5-6H,4,7-8,13H2,1-2H3,(H,15,16). The molecule has 0 bridgehead atoms. The van der Waals surface area contributed by atoms with Gasteiger partial charge in [-0.05, 0) is 32.6 Å². The number of nitrogens with two attached hydrogens (primary N) is 1. The first-order chi connectivity index (χ1) is 8.02. The molecule has 0 spiro atoms. The fraction of sp³-hybridized carbons (Fsp3) is 0.417. The third kappa shape index (κ3) is 3.96. The summed E-state index contributed by atoms with van der Waals surface area (Å²) in [6.45, 7) is 1.34. The lowest BCUT2D eigenvalue weighted by molar-refractivity contribution is 0.0692. The van der Waals surface area contributed by atoms with Gasteiger partial charge in [-0.1, -0.05) is 6.07 Å². The van der Waals surface area contributed by atoms with Gasteiger partial charge < -0.3 is 20.5 Å². The Kier molecular flexibility index (Phi) is 4.78. The molecule has 0 aliphatic rings. The zero-order chi connectivity index (χ0) is 12.8. The van der Waals surface area contributed by atoms with Crippen molar-refractivity contribution in [1.82, 2.24) is 4.90 Å². The number of rotatable bonds is 6. The summed E-state index contributed by atoms with van der Waals surface area (Å²) in [6, 6.07) is 4.72. The Hall–Kier alpha value is -1.75. The number of hydrogen-bond donors (Lipinski definition) is 2. The predicted molar refractivity (Wildman–Crippen MR) is 66.5 cm³/mol. The first-order valence-electron chi connectivity index (χ1n) is 5.41. The molecule has 5 nitrogen and oxygen atoms in total. The van der Waals surface area contributed by atoms with E-state index in [-0.39, 0.29) is 11.3 Å². The molecule has 1 aromatic carbocycles. The third-order valence-electron chi connectivity index (χ3n) is 2.27. The van der Waals surface area contributed by atoms with Crippen molar-refractivity contribution in [2.45, 2.75) is 6.42 Å². The van der Waals surface area contributed by atoms with Crippen molar-refractivity contribution < 1.29 is 14.6 Å². The van der Waals surface area contributed by atoms with Crippen molar-refractivity contribution in [1.29, 1.82) is 0 Å². The van der Waals surface area contributed by atoms with Gasteiger partial charge in [-0.3, -0.25) is 0 Å². The van der Waals surface area contributed by atoms with Crippen LogP contribution in [0.4, 0.5) is 5.69 Å². The van der Waals surface area contributed by atoms with E-state index in [2.05, 4.69) is 0 Å². The number of hydrogen-bond acceptors (Lipinski definition) is 4. The molecule has 0 saturated carbocycles. The second kappa shape index (κ2) is 6.10. The van der Waals surface area contributed by atoms with Crippen LogP contribution in [0.3, 0.4) is 0 Å². The second-order valence-corrected chi connectivity index (χ2v) is 4.03. The van der Waals surface area contributed by atoms with Crippen LogP contribution >= 0.6 is 0 Å². The van der Waals surface area contributed by atoms with Gasteiger partial charge in [-0.15, -0.1) is 0 Å². The molecule has 1 rings (SSSR count). The maximum absolute atomic E-state index is 11.0. The molecule has 0 amide bonds. The number of nitrogen functional groups attached to an aromatic ring is 1. The van der Waals surface area contributed by atoms with Crippen LogP contribution in [-0.2, 0) is 0 Å². The third-order valence-corrected chi connectivity index (χ3v) is 2.27. The Bertz CT molecular complexity index is 391. The molecule has 1 aromatic rings. The van der Waals surface area contributed by atoms with Gasteiger partial charge in [-0.25, -0.2) is 4.79 Å². The van der Waals surface area contributed by atoms with Gasteiger partial charge >= 0.3 is 5.97 Å². The normalized spacial score (nSPS) is 10.5. The van der Waals surface area contributed by atoms with Crippen LogP contribution in [0.15, 0.2) is 18.2 Å². The molecule has 17 heavy (non-hydrogen) atoms. The van der Waals surface area contributed by atoms with E-state index in [1.54, 1.807) is 12.1 Å².